The molecule has 0 spiro atoms. The number of hydrogen-bond donors (Lipinski definition) is 1. The molecule has 0 saturated heterocycles. The molecule has 4 heteroatoms. The minimum absolute atomic E-state index is 0.0360. The van der Waals surface area contributed by atoms with Gasteiger partial charge in [0.2, 0.25) is 0 Å². The Balaban J connectivity index is 2.80. The highest BCUT2D eigenvalue weighted by Crippen LogP contribution is 2.31. The molecule has 0 aliphatic rings. The predicted octanol–water partition coefficient (Wildman–Crippen LogP) is 3.09. The first-order chi connectivity index (χ1) is 8.15. The zero-order valence-electron chi connectivity index (χ0n) is 8.74. The van der Waals surface area contributed by atoms with Crippen LogP contribution in [0.2, 0.25) is 0 Å². The summed E-state index contributed by atoms with van der Waals surface area (Å²) in [5, 5.41) is 8.91. The Hall–Kier alpha value is -2.41. The molecule has 2 nitrogen and oxygen atoms in total. The summed E-state index contributed by atoms with van der Waals surface area (Å²) in [7, 11) is 0. The third-order valence-corrected chi connectivity index (χ3v) is 2.44. The highest BCUT2D eigenvalue weighted by atomic mass is 19.1. The second-order valence-electron chi connectivity index (χ2n) is 3.48. The Morgan fingerprint density at radius 2 is 1.76 bits per heavy atom. The van der Waals surface area contributed by atoms with Gasteiger partial charge in [-0.05, 0) is 18.2 Å². The van der Waals surface area contributed by atoms with Crippen LogP contribution in [-0.2, 0) is 0 Å². The van der Waals surface area contributed by atoms with Gasteiger partial charge in [0.15, 0.2) is 5.82 Å². The van der Waals surface area contributed by atoms with E-state index in [1.54, 1.807) is 6.07 Å². The molecule has 2 aromatic rings. The van der Waals surface area contributed by atoms with Gasteiger partial charge in [-0.25, -0.2) is 8.78 Å². The van der Waals surface area contributed by atoms with E-state index < -0.39 is 11.6 Å². The lowest BCUT2D eigenvalue weighted by atomic mass is 9.98. The summed E-state index contributed by atoms with van der Waals surface area (Å²) < 4.78 is 27.5. The number of nitrogen functional groups attached to an aromatic ring is 1. The third kappa shape index (κ3) is 1.83. The van der Waals surface area contributed by atoms with Gasteiger partial charge in [-0.1, -0.05) is 18.2 Å². The molecular weight excluding hydrogens is 222 g/mol. The Kier molecular flexibility index (Phi) is 2.75. The lowest BCUT2D eigenvalue weighted by molar-refractivity contribution is 0.618. The molecule has 0 radical (unpaired) electrons. The standard InChI is InChI=1S/C13H8F2N2/c14-10-4-2-1-3-9(10)12-8(7-16)5-6-11(17)13(12)15/h1-6H,17H2. The van der Waals surface area contributed by atoms with Crippen LogP contribution in [0, 0.1) is 23.0 Å². The average Bonchev–Trinajstić information content (AvgIpc) is 2.34. The van der Waals surface area contributed by atoms with Crippen molar-refractivity contribution < 1.29 is 8.78 Å². The first-order valence-corrected chi connectivity index (χ1v) is 4.88. The van der Waals surface area contributed by atoms with Crippen LogP contribution in [0.3, 0.4) is 0 Å². The van der Waals surface area contributed by atoms with Gasteiger partial charge >= 0.3 is 0 Å². The van der Waals surface area contributed by atoms with Crippen molar-refractivity contribution in [1.82, 2.24) is 0 Å². The van der Waals surface area contributed by atoms with Gasteiger partial charge in [-0.15, -0.1) is 0 Å². The van der Waals surface area contributed by atoms with E-state index in [2.05, 4.69) is 0 Å². The van der Waals surface area contributed by atoms with Crippen molar-refractivity contribution in [2.45, 2.75) is 0 Å². The molecule has 0 fully saturated rings. The van der Waals surface area contributed by atoms with Crippen molar-refractivity contribution in [3.8, 4) is 17.2 Å². The van der Waals surface area contributed by atoms with E-state index in [4.69, 9.17) is 11.0 Å². The number of nitrogens with zero attached hydrogens (tertiary/aromatic N) is 1. The zero-order chi connectivity index (χ0) is 12.4. The van der Waals surface area contributed by atoms with Gasteiger partial charge in [0, 0.05) is 11.1 Å². The lowest BCUT2D eigenvalue weighted by Crippen LogP contribution is -1.98. The van der Waals surface area contributed by atoms with Crippen LogP contribution in [0.15, 0.2) is 36.4 Å². The van der Waals surface area contributed by atoms with Crippen LogP contribution in [0.5, 0.6) is 0 Å². The van der Waals surface area contributed by atoms with E-state index in [1.165, 1.54) is 30.3 Å². The van der Waals surface area contributed by atoms with Crippen molar-refractivity contribution in [1.29, 1.82) is 5.26 Å². The van der Waals surface area contributed by atoms with E-state index in [1.807, 2.05) is 6.07 Å². The fourth-order valence-corrected chi connectivity index (χ4v) is 1.61. The summed E-state index contributed by atoms with van der Waals surface area (Å²) in [6, 6.07) is 10.2. The quantitative estimate of drug-likeness (QED) is 0.765. The Morgan fingerprint density at radius 3 is 2.41 bits per heavy atom. The van der Waals surface area contributed by atoms with Crippen molar-refractivity contribution in [2.75, 3.05) is 5.73 Å². The van der Waals surface area contributed by atoms with Crippen LogP contribution >= 0.6 is 0 Å². The van der Waals surface area contributed by atoms with E-state index in [-0.39, 0.29) is 22.4 Å². The summed E-state index contributed by atoms with van der Waals surface area (Å²) in [4.78, 5) is 0. The molecule has 0 amide bonds. The fraction of sp³-hybridized carbons (Fsp3) is 0. The van der Waals surface area contributed by atoms with Crippen molar-refractivity contribution in [2.24, 2.45) is 0 Å². The van der Waals surface area contributed by atoms with Crippen molar-refractivity contribution >= 4 is 5.69 Å². The van der Waals surface area contributed by atoms with Gasteiger partial charge in [0.05, 0.1) is 17.3 Å². The molecule has 0 aliphatic carbocycles. The summed E-state index contributed by atoms with van der Waals surface area (Å²) >= 11 is 0. The zero-order valence-corrected chi connectivity index (χ0v) is 8.74. The molecule has 2 N–H and O–H groups in total. The molecule has 0 aliphatic heterocycles. The molecule has 2 rings (SSSR count). The average molecular weight is 230 g/mol. The summed E-state index contributed by atoms with van der Waals surface area (Å²) in [6.45, 7) is 0. The first-order valence-electron chi connectivity index (χ1n) is 4.88. The summed E-state index contributed by atoms with van der Waals surface area (Å²) in [6.07, 6.45) is 0. The number of nitriles is 1. The minimum atomic E-state index is -0.769. The number of anilines is 1. The van der Waals surface area contributed by atoms with E-state index in [9.17, 15) is 8.78 Å². The van der Waals surface area contributed by atoms with E-state index >= 15 is 0 Å². The number of nitrogens with two attached hydrogens (primary N) is 1. The maximum atomic E-state index is 13.9. The first kappa shape index (κ1) is 11.1. The number of rotatable bonds is 1. The van der Waals surface area contributed by atoms with Crippen LogP contribution in [0.25, 0.3) is 11.1 Å². The molecular formula is C13H8F2N2. The monoisotopic (exact) mass is 230 g/mol. The fourth-order valence-electron chi connectivity index (χ4n) is 1.61. The maximum Gasteiger partial charge on any atom is 0.155 e. The SMILES string of the molecule is N#Cc1ccc(N)c(F)c1-c1ccccc1F. The number of benzene rings is 2. The molecule has 0 unspecified atom stereocenters. The highest BCUT2D eigenvalue weighted by Gasteiger charge is 2.16. The highest BCUT2D eigenvalue weighted by molar-refractivity contribution is 5.75. The largest absolute Gasteiger partial charge is 0.396 e. The summed E-state index contributed by atoms with van der Waals surface area (Å²) in [5.41, 5.74) is 5.32. The molecule has 17 heavy (non-hydrogen) atoms. The Labute approximate surface area is 96.9 Å². The Bertz CT molecular complexity index is 615. The predicted molar refractivity (Wildman–Crippen MR) is 60.9 cm³/mol. The maximum absolute atomic E-state index is 13.9. The van der Waals surface area contributed by atoms with Gasteiger partial charge in [0.1, 0.15) is 5.82 Å². The molecule has 0 aromatic heterocycles. The molecule has 0 bridgehead atoms. The topological polar surface area (TPSA) is 49.8 Å². The lowest BCUT2D eigenvalue weighted by Gasteiger charge is -2.08. The Morgan fingerprint density at radius 1 is 1.06 bits per heavy atom. The number of hydrogen-bond acceptors (Lipinski definition) is 2. The molecule has 2 aromatic carbocycles. The van der Waals surface area contributed by atoms with Gasteiger partial charge < -0.3 is 5.73 Å². The molecule has 0 atom stereocenters. The minimum Gasteiger partial charge on any atom is -0.396 e. The smallest absolute Gasteiger partial charge is 0.155 e. The van der Waals surface area contributed by atoms with Gasteiger partial charge in [0.25, 0.3) is 0 Å². The van der Waals surface area contributed by atoms with E-state index in [0.29, 0.717) is 0 Å². The normalized spacial score (nSPS) is 9.94. The van der Waals surface area contributed by atoms with Gasteiger partial charge in [-0.2, -0.15) is 5.26 Å². The van der Waals surface area contributed by atoms with Crippen molar-refractivity contribution in [3.63, 3.8) is 0 Å². The van der Waals surface area contributed by atoms with Gasteiger partial charge in [-0.3, -0.25) is 0 Å². The second-order valence-corrected chi connectivity index (χ2v) is 3.48. The third-order valence-electron chi connectivity index (χ3n) is 2.44. The van der Waals surface area contributed by atoms with Crippen LogP contribution in [0.1, 0.15) is 5.56 Å². The van der Waals surface area contributed by atoms with Crippen molar-refractivity contribution in [3.05, 3.63) is 53.6 Å². The van der Waals surface area contributed by atoms with Crippen LogP contribution in [0.4, 0.5) is 14.5 Å². The second kappa shape index (κ2) is 4.22. The van der Waals surface area contributed by atoms with Crippen LogP contribution < -0.4 is 5.73 Å². The summed E-state index contributed by atoms with van der Waals surface area (Å²) in [5.74, 6) is -1.36. The molecule has 0 heterocycles. The molecule has 84 valence electrons. The molecule has 0 saturated carbocycles. The van der Waals surface area contributed by atoms with Crippen LogP contribution in [-0.4, -0.2) is 0 Å². The number of halogens is 2. The van der Waals surface area contributed by atoms with E-state index in [0.717, 1.165) is 0 Å².